The van der Waals surface area contributed by atoms with Gasteiger partial charge in [-0.05, 0) is 0 Å². The van der Waals surface area contributed by atoms with Crippen LogP contribution in [0.2, 0.25) is 0 Å². The summed E-state index contributed by atoms with van der Waals surface area (Å²) in [4.78, 5) is 14.7. The first kappa shape index (κ1) is 12.1. The fraction of sp³-hybridized carbons (Fsp3) is 0.556. The minimum Gasteiger partial charge on any atom is -0.469 e. The molecule has 0 radical (unpaired) electrons. The molecule has 0 N–H and O–H groups in total. The van der Waals surface area contributed by atoms with Gasteiger partial charge in [0.15, 0.2) is 0 Å². The van der Waals surface area contributed by atoms with Gasteiger partial charge in [0.05, 0.1) is 18.5 Å². The van der Waals surface area contributed by atoms with Crippen LogP contribution >= 0.6 is 11.3 Å². The van der Waals surface area contributed by atoms with Crippen LogP contribution in [0.1, 0.15) is 25.3 Å². The largest absolute Gasteiger partial charge is 0.469 e. The Bertz CT molecular complexity index is 222. The molecule has 0 aliphatic carbocycles. The Morgan fingerprint density at radius 1 is 1.62 bits per heavy atom. The molecule has 1 aromatic heterocycles. The predicted molar refractivity (Wildman–Crippen MR) is 53.8 cm³/mol. The van der Waals surface area contributed by atoms with Crippen LogP contribution in [0, 0.1) is 0 Å². The van der Waals surface area contributed by atoms with Crippen molar-refractivity contribution in [3.8, 4) is 0 Å². The van der Waals surface area contributed by atoms with Crippen molar-refractivity contribution < 1.29 is 9.53 Å². The molecule has 0 saturated carbocycles. The molecule has 0 bridgehead atoms. The third-order valence-electron chi connectivity index (χ3n) is 1.25. The zero-order valence-electron chi connectivity index (χ0n) is 8.24. The fourth-order valence-corrected chi connectivity index (χ4v) is 1.31. The lowest BCUT2D eigenvalue weighted by molar-refractivity contribution is -0.140. The first-order valence-corrected chi connectivity index (χ1v) is 5.16. The molecule has 13 heavy (non-hydrogen) atoms. The number of carbonyl (C=O) groups is 1. The number of hydrogen-bond acceptors (Lipinski definition) is 4. The van der Waals surface area contributed by atoms with Gasteiger partial charge in [-0.15, -0.1) is 11.3 Å². The Kier molecular flexibility index (Phi) is 7.20. The van der Waals surface area contributed by atoms with E-state index in [0.717, 1.165) is 5.01 Å². The topological polar surface area (TPSA) is 39.2 Å². The molecule has 0 spiro atoms. The predicted octanol–water partition coefficient (Wildman–Crippen LogP) is 2.27. The summed E-state index contributed by atoms with van der Waals surface area (Å²) >= 11 is 1.56. The van der Waals surface area contributed by atoms with Gasteiger partial charge in [0.2, 0.25) is 0 Å². The molecule has 0 aliphatic rings. The molecule has 3 nitrogen and oxygen atoms in total. The van der Waals surface area contributed by atoms with Crippen LogP contribution < -0.4 is 0 Å². The zero-order chi connectivity index (χ0) is 10.1. The molecule has 0 aliphatic heterocycles. The second-order valence-corrected chi connectivity index (χ2v) is 2.98. The van der Waals surface area contributed by atoms with Crippen LogP contribution in [0.3, 0.4) is 0 Å². The van der Waals surface area contributed by atoms with E-state index in [0.29, 0.717) is 12.8 Å². The number of ether oxygens (including phenoxy) is 1. The Balaban J connectivity index is 0.000000671. The van der Waals surface area contributed by atoms with Gasteiger partial charge in [-0.2, -0.15) is 0 Å². The molecule has 0 amide bonds. The van der Waals surface area contributed by atoms with Gasteiger partial charge in [-0.25, -0.2) is 4.98 Å². The molecule has 0 aromatic carbocycles. The van der Waals surface area contributed by atoms with Crippen LogP contribution in [-0.2, 0) is 16.0 Å². The van der Waals surface area contributed by atoms with E-state index in [9.17, 15) is 4.79 Å². The number of rotatable bonds is 3. The van der Waals surface area contributed by atoms with Gasteiger partial charge in [0, 0.05) is 18.0 Å². The summed E-state index contributed by atoms with van der Waals surface area (Å²) < 4.78 is 4.49. The van der Waals surface area contributed by atoms with Gasteiger partial charge in [0.25, 0.3) is 0 Å². The van der Waals surface area contributed by atoms with Crippen LogP contribution in [0.4, 0.5) is 0 Å². The van der Waals surface area contributed by atoms with Crippen molar-refractivity contribution in [2.75, 3.05) is 7.11 Å². The van der Waals surface area contributed by atoms with Gasteiger partial charge >= 0.3 is 5.97 Å². The molecule has 1 aromatic rings. The Labute approximate surface area is 82.8 Å². The normalized spacial score (nSPS) is 8.54. The third kappa shape index (κ3) is 5.36. The summed E-state index contributed by atoms with van der Waals surface area (Å²) in [6, 6.07) is 0. The molecule has 0 unspecified atom stereocenters. The maximum Gasteiger partial charge on any atom is 0.305 e. The van der Waals surface area contributed by atoms with Crippen molar-refractivity contribution in [1.82, 2.24) is 4.98 Å². The van der Waals surface area contributed by atoms with Crippen LogP contribution in [-0.4, -0.2) is 18.1 Å². The van der Waals surface area contributed by atoms with Crippen LogP contribution in [0.15, 0.2) is 11.6 Å². The van der Waals surface area contributed by atoms with E-state index in [-0.39, 0.29) is 5.97 Å². The summed E-state index contributed by atoms with van der Waals surface area (Å²) in [6.07, 6.45) is 2.84. The summed E-state index contributed by atoms with van der Waals surface area (Å²) in [5.41, 5.74) is 0. The van der Waals surface area contributed by atoms with E-state index in [1.807, 2.05) is 19.2 Å². The summed E-state index contributed by atoms with van der Waals surface area (Å²) in [6.45, 7) is 4.00. The highest BCUT2D eigenvalue weighted by molar-refractivity contribution is 7.09. The van der Waals surface area contributed by atoms with Crippen molar-refractivity contribution in [1.29, 1.82) is 0 Å². The quantitative estimate of drug-likeness (QED) is 0.704. The molecular weight excluding hydrogens is 186 g/mol. The van der Waals surface area contributed by atoms with Crippen molar-refractivity contribution in [2.45, 2.75) is 26.7 Å². The third-order valence-corrected chi connectivity index (χ3v) is 2.09. The highest BCUT2D eigenvalue weighted by Gasteiger charge is 2.01. The average molecular weight is 201 g/mol. The van der Waals surface area contributed by atoms with Gasteiger partial charge in [-0.3, -0.25) is 4.79 Å². The summed E-state index contributed by atoms with van der Waals surface area (Å²) in [7, 11) is 1.39. The van der Waals surface area contributed by atoms with Crippen molar-refractivity contribution in [3.63, 3.8) is 0 Å². The average Bonchev–Trinajstić information content (AvgIpc) is 2.70. The molecular formula is C9H15NO2S. The molecule has 0 atom stereocenters. The highest BCUT2D eigenvalue weighted by atomic mass is 32.1. The van der Waals surface area contributed by atoms with Crippen molar-refractivity contribution >= 4 is 17.3 Å². The lowest BCUT2D eigenvalue weighted by Gasteiger charge is -1.94. The molecule has 4 heteroatoms. The standard InChI is InChI=1S/C7H9NO2S.C2H6/c1-10-7(9)3-2-6-8-4-5-11-6;1-2/h4-5H,2-3H2,1H3;1-2H3. The van der Waals surface area contributed by atoms with E-state index < -0.39 is 0 Å². The number of carbonyl (C=O) groups excluding carboxylic acids is 1. The second-order valence-electron chi connectivity index (χ2n) is 2.00. The van der Waals surface area contributed by atoms with E-state index >= 15 is 0 Å². The maximum absolute atomic E-state index is 10.7. The maximum atomic E-state index is 10.7. The number of aromatic nitrogens is 1. The minimum atomic E-state index is -0.180. The number of thiazole rings is 1. The minimum absolute atomic E-state index is 0.180. The van der Waals surface area contributed by atoms with Crippen molar-refractivity contribution in [2.24, 2.45) is 0 Å². The lowest BCUT2D eigenvalue weighted by atomic mass is 10.3. The zero-order valence-corrected chi connectivity index (χ0v) is 9.06. The first-order valence-electron chi connectivity index (χ1n) is 4.28. The van der Waals surface area contributed by atoms with Gasteiger partial charge in [0.1, 0.15) is 0 Å². The Morgan fingerprint density at radius 2 is 2.31 bits per heavy atom. The van der Waals surface area contributed by atoms with Crippen LogP contribution in [0.5, 0.6) is 0 Å². The smallest absolute Gasteiger partial charge is 0.305 e. The second kappa shape index (κ2) is 7.73. The number of aryl methyl sites for hydroxylation is 1. The highest BCUT2D eigenvalue weighted by Crippen LogP contribution is 2.06. The molecule has 74 valence electrons. The number of esters is 1. The number of nitrogens with zero attached hydrogens (tertiary/aromatic N) is 1. The first-order chi connectivity index (χ1) is 6.33. The van der Waals surface area contributed by atoms with Crippen LogP contribution in [0.25, 0.3) is 0 Å². The van der Waals surface area contributed by atoms with E-state index in [1.165, 1.54) is 7.11 Å². The lowest BCUT2D eigenvalue weighted by Crippen LogP contribution is -2.01. The van der Waals surface area contributed by atoms with Crippen molar-refractivity contribution in [3.05, 3.63) is 16.6 Å². The molecule has 0 fully saturated rings. The van der Waals surface area contributed by atoms with Gasteiger partial charge in [-0.1, -0.05) is 13.8 Å². The summed E-state index contributed by atoms with van der Waals surface area (Å²) in [5, 5.41) is 2.88. The Hall–Kier alpha value is -0.900. The summed E-state index contributed by atoms with van der Waals surface area (Å²) in [5.74, 6) is -0.180. The molecule has 1 heterocycles. The van der Waals surface area contributed by atoms with E-state index in [4.69, 9.17) is 0 Å². The number of methoxy groups -OCH3 is 1. The molecule has 0 saturated heterocycles. The van der Waals surface area contributed by atoms with Gasteiger partial charge < -0.3 is 4.74 Å². The van der Waals surface area contributed by atoms with E-state index in [1.54, 1.807) is 17.5 Å². The monoisotopic (exact) mass is 201 g/mol. The molecule has 1 rings (SSSR count). The SMILES string of the molecule is CC.COC(=O)CCc1nccs1. The van der Waals surface area contributed by atoms with E-state index in [2.05, 4.69) is 9.72 Å². The Morgan fingerprint density at radius 3 is 2.77 bits per heavy atom. The number of hydrogen-bond donors (Lipinski definition) is 0. The fourth-order valence-electron chi connectivity index (χ4n) is 0.687.